The molecule has 5 amide bonds. The second kappa shape index (κ2) is 16.5. The molecule has 7 heterocycles. The summed E-state index contributed by atoms with van der Waals surface area (Å²) in [6.07, 6.45) is 5.45. The minimum absolute atomic E-state index is 0.0332. The van der Waals surface area contributed by atoms with Crippen LogP contribution in [0.25, 0.3) is 16.9 Å². The van der Waals surface area contributed by atoms with Crippen LogP contribution < -0.4 is 25.8 Å². The first-order chi connectivity index (χ1) is 31.7. The normalized spacial score (nSPS) is 21.1. The summed E-state index contributed by atoms with van der Waals surface area (Å²) < 4.78 is 55.2. The Bertz CT molecular complexity index is 2830. The highest BCUT2D eigenvalue weighted by molar-refractivity contribution is 6.35. The number of halogens is 4. The number of alkyl halides is 2. The Morgan fingerprint density at radius 1 is 0.985 bits per heavy atom. The highest BCUT2D eigenvalue weighted by Gasteiger charge is 2.63. The van der Waals surface area contributed by atoms with E-state index in [1.54, 1.807) is 27.3 Å². The molecular weight excluding hydrogens is 879 g/mol. The molecule has 66 heavy (non-hydrogen) atoms. The number of aryl methyl sites for hydroxylation is 1. The molecule has 3 saturated heterocycles. The number of urea groups is 1. The van der Waals surface area contributed by atoms with Gasteiger partial charge < -0.3 is 25.2 Å². The van der Waals surface area contributed by atoms with E-state index < -0.39 is 41.5 Å². The van der Waals surface area contributed by atoms with E-state index >= 15 is 13.2 Å². The van der Waals surface area contributed by atoms with Crippen LogP contribution in [0.3, 0.4) is 0 Å². The van der Waals surface area contributed by atoms with Crippen molar-refractivity contribution in [2.45, 2.75) is 63.6 Å². The number of nitrogens with zero attached hydrogens (tertiary/aromatic N) is 8. The minimum atomic E-state index is -3.21. The summed E-state index contributed by atoms with van der Waals surface area (Å²) in [6, 6.07) is 11.1. The lowest BCUT2D eigenvalue weighted by Gasteiger charge is -2.57. The molecule has 3 aromatic heterocycles. The number of benzene rings is 2. The predicted molar refractivity (Wildman–Crippen MR) is 239 cm³/mol. The zero-order chi connectivity index (χ0) is 46.2. The van der Waals surface area contributed by atoms with Crippen molar-refractivity contribution < 1.29 is 37.1 Å². The van der Waals surface area contributed by atoms with Gasteiger partial charge in [-0.25, -0.2) is 27.5 Å². The Kier molecular flexibility index (Phi) is 10.9. The number of nitrogens with one attached hydrogen (secondary N) is 3. The summed E-state index contributed by atoms with van der Waals surface area (Å²) in [4.78, 5) is 66.7. The number of fused-ring (bicyclic) bond motifs is 2. The van der Waals surface area contributed by atoms with Crippen molar-refractivity contribution in [3.63, 3.8) is 0 Å². The van der Waals surface area contributed by atoms with Crippen molar-refractivity contribution in [2.75, 3.05) is 68.5 Å². The van der Waals surface area contributed by atoms with E-state index in [0.29, 0.717) is 46.8 Å². The fourth-order valence-corrected chi connectivity index (χ4v) is 10.3. The number of imide groups is 1. The highest BCUT2D eigenvalue weighted by atomic mass is 35.5. The fourth-order valence-electron chi connectivity index (χ4n) is 10.0. The lowest BCUT2D eigenvalue weighted by Crippen LogP contribution is -2.70. The smallest absolute Gasteiger partial charge is 0.328 e. The molecule has 10 rings (SSSR count). The van der Waals surface area contributed by atoms with Gasteiger partial charge in [0.1, 0.15) is 11.5 Å². The molecule has 2 atom stereocenters. The minimum Gasteiger partial charge on any atom is -0.385 e. The number of ether oxygens (including phenoxy) is 1. The molecule has 5 aliphatic rings. The zero-order valence-corrected chi connectivity index (χ0v) is 37.2. The van der Waals surface area contributed by atoms with Crippen molar-refractivity contribution in [1.82, 2.24) is 40.0 Å². The summed E-state index contributed by atoms with van der Waals surface area (Å²) >= 11 is 6.51. The molecule has 344 valence electrons. The van der Waals surface area contributed by atoms with Crippen LogP contribution in [0.15, 0.2) is 54.9 Å². The predicted octanol–water partition coefficient (Wildman–Crippen LogP) is 5.97. The zero-order valence-electron chi connectivity index (χ0n) is 36.5. The number of likely N-dealkylation sites (tertiary alicyclic amines) is 2. The van der Waals surface area contributed by atoms with Gasteiger partial charge in [-0.15, -0.1) is 5.10 Å². The SMILES string of the molecule is CNc1cc(N2CCc3c(-c4ncc(CN5CC6(CCN(C(=O)c7cc(C)c(Cl)c(N8CCC(=O)NC8=O)c7)CC6(F)F)C5)cc4F)cccc32)nn2c(C(=O)NC3CC[C@H]3OC)cnc12. The Hall–Kier alpha value is -6.31. The van der Waals surface area contributed by atoms with Crippen LogP contribution in [0.5, 0.6) is 0 Å². The monoisotopic (exact) mass is 925 g/mol. The molecule has 2 aromatic carbocycles. The molecule has 3 N–H and O–H groups in total. The molecule has 0 bridgehead atoms. The largest absolute Gasteiger partial charge is 0.385 e. The Morgan fingerprint density at radius 2 is 1.79 bits per heavy atom. The number of methoxy groups -OCH3 is 1. The third kappa shape index (κ3) is 7.36. The van der Waals surface area contributed by atoms with Gasteiger partial charge in [0.25, 0.3) is 17.7 Å². The molecule has 4 fully saturated rings. The van der Waals surface area contributed by atoms with Crippen LogP contribution in [0.1, 0.15) is 63.2 Å². The van der Waals surface area contributed by atoms with E-state index in [4.69, 9.17) is 21.4 Å². The summed E-state index contributed by atoms with van der Waals surface area (Å²) in [5.74, 6) is -4.50. The molecule has 5 aromatic rings. The van der Waals surface area contributed by atoms with Gasteiger partial charge >= 0.3 is 6.03 Å². The molecule has 1 aliphatic carbocycles. The summed E-state index contributed by atoms with van der Waals surface area (Å²) in [5.41, 5.74) is 4.00. The molecule has 4 aliphatic heterocycles. The van der Waals surface area contributed by atoms with Gasteiger partial charge in [-0.05, 0) is 73.6 Å². The second-order valence-electron chi connectivity index (χ2n) is 17.8. The van der Waals surface area contributed by atoms with E-state index in [9.17, 15) is 19.2 Å². The number of amides is 5. The molecule has 1 unspecified atom stereocenters. The standard InChI is InChI=1S/C46H47ClF3N11O5/c1-25-15-27(17-34(39(25)47)60-13-10-38(62)55-44(60)65)43(64)58-14-11-45(46(49,50)24-58)22-57(23-45)21-26-16-30(48)40(52-19-26)29-5-4-6-33-28(29)9-12-59(33)37-18-32(51-2)41-53-20-35(61(41)56-37)42(63)54-31-7-8-36(31)66-3/h4-6,15-20,31,36,51H,7-14,21-24H2,1-3H3,(H,54,63)(H,55,62,65)/t31?,36-/m1/s1. The number of piperidine rings is 1. The van der Waals surface area contributed by atoms with E-state index in [1.165, 1.54) is 33.8 Å². The molecule has 0 radical (unpaired) electrons. The lowest BCUT2D eigenvalue weighted by molar-refractivity contribution is -0.220. The number of rotatable bonds is 10. The van der Waals surface area contributed by atoms with Gasteiger partial charge in [-0.1, -0.05) is 23.7 Å². The van der Waals surface area contributed by atoms with Gasteiger partial charge in [0.05, 0.1) is 46.7 Å². The highest BCUT2D eigenvalue weighted by Crippen LogP contribution is 2.51. The molecular formula is C46H47ClF3N11O5. The van der Waals surface area contributed by atoms with Crippen LogP contribution >= 0.6 is 11.6 Å². The maximum Gasteiger partial charge on any atom is 0.328 e. The summed E-state index contributed by atoms with van der Waals surface area (Å²) in [7, 11) is 3.41. The maximum atomic E-state index is 16.1. The average molecular weight is 926 g/mol. The summed E-state index contributed by atoms with van der Waals surface area (Å²) in [5, 5.41) is 13.5. The van der Waals surface area contributed by atoms with Crippen LogP contribution in [0.4, 0.5) is 40.8 Å². The van der Waals surface area contributed by atoms with Crippen molar-refractivity contribution in [1.29, 1.82) is 0 Å². The third-order valence-corrected chi connectivity index (χ3v) is 14.3. The third-order valence-electron chi connectivity index (χ3n) is 13.8. The maximum absolute atomic E-state index is 16.1. The number of carbonyl (C=O) groups is 4. The first-order valence-electron chi connectivity index (χ1n) is 21.9. The van der Waals surface area contributed by atoms with Gasteiger partial charge in [-0.2, -0.15) is 0 Å². The number of aromatic nitrogens is 4. The van der Waals surface area contributed by atoms with E-state index in [-0.39, 0.29) is 91.3 Å². The first kappa shape index (κ1) is 43.6. The van der Waals surface area contributed by atoms with Crippen LogP contribution in [-0.2, 0) is 22.5 Å². The van der Waals surface area contributed by atoms with E-state index in [2.05, 4.69) is 25.9 Å². The van der Waals surface area contributed by atoms with Crippen LogP contribution in [-0.4, -0.2) is 125 Å². The Balaban J connectivity index is 0.806. The van der Waals surface area contributed by atoms with Gasteiger partial charge in [0, 0.05) is 88.9 Å². The summed E-state index contributed by atoms with van der Waals surface area (Å²) in [6.45, 7) is 1.93. The van der Waals surface area contributed by atoms with Crippen LogP contribution in [0.2, 0.25) is 5.02 Å². The number of carbonyl (C=O) groups excluding carboxylic acids is 4. The number of anilines is 4. The van der Waals surface area contributed by atoms with Crippen molar-refractivity contribution >= 4 is 63.9 Å². The lowest BCUT2D eigenvalue weighted by atomic mass is 9.69. The van der Waals surface area contributed by atoms with E-state index in [0.717, 1.165) is 29.0 Å². The first-order valence-corrected chi connectivity index (χ1v) is 22.3. The van der Waals surface area contributed by atoms with Gasteiger partial charge in [0.15, 0.2) is 17.2 Å². The Labute approximate surface area is 382 Å². The molecule has 16 nitrogen and oxygen atoms in total. The molecule has 20 heteroatoms. The molecule has 1 spiro atoms. The van der Waals surface area contributed by atoms with E-state index in [1.807, 2.05) is 34.1 Å². The van der Waals surface area contributed by atoms with Crippen molar-refractivity contribution in [2.24, 2.45) is 5.41 Å². The number of hydrogen-bond donors (Lipinski definition) is 3. The topological polar surface area (TPSA) is 170 Å². The number of imidazole rings is 1. The second-order valence-corrected chi connectivity index (χ2v) is 18.2. The number of hydrogen-bond acceptors (Lipinski definition) is 11. The van der Waals surface area contributed by atoms with Crippen molar-refractivity contribution in [3.05, 3.63) is 93.6 Å². The Morgan fingerprint density at radius 3 is 2.50 bits per heavy atom. The quantitative estimate of drug-likeness (QED) is 0.151. The van der Waals surface area contributed by atoms with Gasteiger partial charge in [0.2, 0.25) is 5.91 Å². The van der Waals surface area contributed by atoms with Crippen molar-refractivity contribution in [3.8, 4) is 11.3 Å². The van der Waals surface area contributed by atoms with Gasteiger partial charge in [-0.3, -0.25) is 34.5 Å². The average Bonchev–Trinajstić information content (AvgIpc) is 3.91. The molecule has 1 saturated carbocycles. The fraction of sp³-hybridized carbons (Fsp3) is 0.413. The van der Waals surface area contributed by atoms with Crippen LogP contribution in [0, 0.1) is 18.2 Å². The number of pyridine rings is 1.